The molecule has 0 fully saturated rings. The fourth-order valence-electron chi connectivity index (χ4n) is 3.68. The molecule has 5 heteroatoms. The molecule has 2 aromatic carbocycles. The van der Waals surface area contributed by atoms with E-state index in [4.69, 9.17) is 4.74 Å². The maximum absolute atomic E-state index is 5.28. The van der Waals surface area contributed by atoms with Gasteiger partial charge in [0.15, 0.2) is 5.82 Å². The zero-order valence-corrected chi connectivity index (χ0v) is 17.1. The number of rotatable bonds is 5. The Balaban J connectivity index is 1.77. The van der Waals surface area contributed by atoms with Crippen molar-refractivity contribution in [2.75, 3.05) is 7.11 Å². The minimum absolute atomic E-state index is 0.836. The molecule has 5 aromatic rings. The summed E-state index contributed by atoms with van der Waals surface area (Å²) >= 11 is 0. The van der Waals surface area contributed by atoms with Crippen LogP contribution in [0.4, 0.5) is 0 Å². The molecule has 0 atom stereocenters. The average Bonchev–Trinajstić information content (AvgIpc) is 3.18. The molecule has 31 heavy (non-hydrogen) atoms. The van der Waals surface area contributed by atoms with E-state index in [1.807, 2.05) is 85.2 Å². The molecule has 3 aromatic heterocycles. The Morgan fingerprint density at radius 1 is 0.774 bits per heavy atom. The fourth-order valence-corrected chi connectivity index (χ4v) is 3.68. The van der Waals surface area contributed by atoms with Gasteiger partial charge in [0.25, 0.3) is 5.82 Å². The predicted octanol–water partition coefficient (Wildman–Crippen LogP) is 4.88. The van der Waals surface area contributed by atoms with Gasteiger partial charge in [-0.2, -0.15) is 4.57 Å². The van der Waals surface area contributed by atoms with Crippen molar-refractivity contribution in [3.63, 3.8) is 0 Å². The van der Waals surface area contributed by atoms with E-state index in [1.165, 1.54) is 0 Å². The molecule has 0 spiro atoms. The smallest absolute Gasteiger partial charge is 0.267 e. The highest BCUT2D eigenvalue weighted by Gasteiger charge is 2.24. The highest BCUT2D eigenvalue weighted by molar-refractivity contribution is 5.78. The van der Waals surface area contributed by atoms with Gasteiger partial charge in [-0.25, -0.2) is 9.55 Å². The van der Waals surface area contributed by atoms with E-state index in [9.17, 15) is 0 Å². The summed E-state index contributed by atoms with van der Waals surface area (Å²) in [4.78, 5) is 9.25. The number of pyridine rings is 2. The third-order valence-electron chi connectivity index (χ3n) is 5.12. The SMILES string of the molecule is COc1ccc(C=Cc2n(-c3ccccn3)c3ccccc3[n+]2-c2ccccn2)cc1. The number of para-hydroxylation sites is 2. The topological polar surface area (TPSA) is 43.8 Å². The van der Waals surface area contributed by atoms with Gasteiger partial charge < -0.3 is 4.74 Å². The molecule has 5 rings (SSSR count). The van der Waals surface area contributed by atoms with Crippen LogP contribution in [0.2, 0.25) is 0 Å². The number of hydrogen-bond donors (Lipinski definition) is 0. The Kier molecular flexibility index (Phi) is 4.99. The molecule has 0 saturated carbocycles. The fraction of sp³-hybridized carbons (Fsp3) is 0.0385. The summed E-state index contributed by atoms with van der Waals surface area (Å²) in [5.41, 5.74) is 3.19. The van der Waals surface area contributed by atoms with Crippen LogP contribution in [0.15, 0.2) is 97.3 Å². The van der Waals surface area contributed by atoms with Gasteiger partial charge in [0, 0.05) is 18.3 Å². The van der Waals surface area contributed by atoms with Gasteiger partial charge >= 0.3 is 0 Å². The van der Waals surface area contributed by atoms with E-state index < -0.39 is 0 Å². The highest BCUT2D eigenvalue weighted by Crippen LogP contribution is 2.22. The first kappa shape index (κ1) is 18.8. The average molecular weight is 405 g/mol. The molecule has 0 N–H and O–H groups in total. The number of fused-ring (bicyclic) bond motifs is 1. The van der Waals surface area contributed by atoms with E-state index in [0.29, 0.717) is 0 Å². The summed E-state index contributed by atoms with van der Waals surface area (Å²) in [5, 5.41) is 0. The maximum Gasteiger partial charge on any atom is 0.267 e. The van der Waals surface area contributed by atoms with E-state index in [1.54, 1.807) is 7.11 Å². The minimum atomic E-state index is 0.836. The first-order chi connectivity index (χ1) is 15.3. The summed E-state index contributed by atoms with van der Waals surface area (Å²) in [7, 11) is 1.67. The molecule has 0 radical (unpaired) electrons. The molecule has 0 amide bonds. The lowest BCUT2D eigenvalue weighted by molar-refractivity contribution is -0.574. The number of aromatic nitrogens is 4. The van der Waals surface area contributed by atoms with E-state index >= 15 is 0 Å². The van der Waals surface area contributed by atoms with Crippen LogP contribution in [0.1, 0.15) is 11.4 Å². The zero-order chi connectivity index (χ0) is 21.0. The van der Waals surface area contributed by atoms with Crippen molar-refractivity contribution in [2.24, 2.45) is 0 Å². The zero-order valence-electron chi connectivity index (χ0n) is 17.1. The molecule has 0 saturated heterocycles. The molecule has 5 nitrogen and oxygen atoms in total. The van der Waals surface area contributed by atoms with Crippen LogP contribution in [0.25, 0.3) is 34.8 Å². The molecule has 150 valence electrons. The van der Waals surface area contributed by atoms with E-state index in [2.05, 4.69) is 43.4 Å². The van der Waals surface area contributed by atoms with Crippen molar-refractivity contribution in [3.05, 3.63) is 109 Å². The van der Waals surface area contributed by atoms with Crippen LogP contribution in [0, 0.1) is 0 Å². The number of hydrogen-bond acceptors (Lipinski definition) is 3. The first-order valence-electron chi connectivity index (χ1n) is 10.1. The van der Waals surface area contributed by atoms with Gasteiger partial charge in [0.1, 0.15) is 23.0 Å². The van der Waals surface area contributed by atoms with Gasteiger partial charge in [-0.15, -0.1) is 4.98 Å². The molecule has 0 aliphatic heterocycles. The van der Waals surface area contributed by atoms with Crippen LogP contribution in [0.3, 0.4) is 0 Å². The van der Waals surface area contributed by atoms with Crippen LogP contribution in [-0.2, 0) is 0 Å². The van der Waals surface area contributed by atoms with Gasteiger partial charge in [0.05, 0.1) is 7.11 Å². The monoisotopic (exact) mass is 405 g/mol. The maximum atomic E-state index is 5.28. The van der Waals surface area contributed by atoms with Gasteiger partial charge in [-0.1, -0.05) is 36.4 Å². The molecule has 0 unspecified atom stereocenters. The molecular weight excluding hydrogens is 384 g/mol. The van der Waals surface area contributed by atoms with Gasteiger partial charge in [0.2, 0.25) is 5.82 Å². The summed E-state index contributed by atoms with van der Waals surface area (Å²) in [6.45, 7) is 0. The third kappa shape index (κ3) is 3.57. The highest BCUT2D eigenvalue weighted by atomic mass is 16.5. The molecular formula is C26H21N4O+. The lowest BCUT2D eigenvalue weighted by Crippen LogP contribution is -2.34. The summed E-state index contributed by atoms with van der Waals surface area (Å²) in [6.07, 6.45) is 7.82. The normalized spacial score (nSPS) is 11.3. The quantitative estimate of drug-likeness (QED) is 0.392. The Morgan fingerprint density at radius 2 is 1.52 bits per heavy atom. The van der Waals surface area contributed by atoms with Gasteiger partial charge in [-0.05, 0) is 54.1 Å². The van der Waals surface area contributed by atoms with Crippen LogP contribution >= 0.6 is 0 Å². The number of methoxy groups -OCH3 is 1. The van der Waals surface area contributed by atoms with Crippen molar-refractivity contribution < 1.29 is 9.30 Å². The molecule has 0 aliphatic carbocycles. The third-order valence-corrected chi connectivity index (χ3v) is 5.12. The minimum Gasteiger partial charge on any atom is -0.497 e. The second-order valence-electron chi connectivity index (χ2n) is 7.00. The lowest BCUT2D eigenvalue weighted by Gasteiger charge is -2.03. The standard InChI is InChI=1S/C26H21N4O/c1-31-21-15-12-20(13-16-21)14-17-26-29(24-10-4-6-18-27-24)22-8-2-3-9-23(22)30(26)25-11-5-7-19-28-25/h2-19H,1H3/q+1. The Bertz CT molecular complexity index is 1260. The van der Waals surface area contributed by atoms with Crippen molar-refractivity contribution in [1.29, 1.82) is 0 Å². The van der Waals surface area contributed by atoms with E-state index in [-0.39, 0.29) is 0 Å². The summed E-state index contributed by atoms with van der Waals surface area (Å²) in [6, 6.07) is 28.2. The second-order valence-corrected chi connectivity index (χ2v) is 7.00. The predicted molar refractivity (Wildman–Crippen MR) is 122 cm³/mol. The number of nitrogens with zero attached hydrogens (tertiary/aromatic N) is 4. The summed E-state index contributed by atoms with van der Waals surface area (Å²) < 4.78 is 9.59. The van der Waals surface area contributed by atoms with Crippen molar-refractivity contribution in [1.82, 2.24) is 14.5 Å². The first-order valence-corrected chi connectivity index (χ1v) is 10.1. The number of benzene rings is 2. The second kappa shape index (κ2) is 8.24. The molecule has 0 aliphatic rings. The Hall–Kier alpha value is -4.25. The summed E-state index contributed by atoms with van der Waals surface area (Å²) in [5.74, 6) is 3.49. The lowest BCUT2D eigenvalue weighted by atomic mass is 10.2. The number of imidazole rings is 1. The van der Waals surface area contributed by atoms with Crippen LogP contribution in [-0.4, -0.2) is 21.6 Å². The van der Waals surface area contributed by atoms with E-state index in [0.717, 1.165) is 39.8 Å². The van der Waals surface area contributed by atoms with Crippen LogP contribution in [0.5, 0.6) is 5.75 Å². The van der Waals surface area contributed by atoms with Crippen molar-refractivity contribution >= 4 is 23.2 Å². The molecule has 3 heterocycles. The van der Waals surface area contributed by atoms with Gasteiger partial charge in [-0.3, -0.25) is 0 Å². The Labute approximate surface area is 180 Å². The Morgan fingerprint density at radius 3 is 2.23 bits per heavy atom. The number of ether oxygens (including phenoxy) is 1. The van der Waals surface area contributed by atoms with Crippen molar-refractivity contribution in [3.8, 4) is 17.4 Å². The van der Waals surface area contributed by atoms with Crippen molar-refractivity contribution in [2.45, 2.75) is 0 Å². The van der Waals surface area contributed by atoms with Crippen LogP contribution < -0.4 is 9.30 Å². The largest absolute Gasteiger partial charge is 0.497 e. The molecule has 0 bridgehead atoms.